The molecule has 0 saturated carbocycles. The van der Waals surface area contributed by atoms with E-state index in [1.54, 1.807) is 0 Å². The molecule has 5 rings (SSSR count). The molecular formula is C30H28N4O2. The van der Waals surface area contributed by atoms with Gasteiger partial charge in [0.2, 0.25) is 5.95 Å². The molecule has 0 atom stereocenters. The van der Waals surface area contributed by atoms with Crippen molar-refractivity contribution in [3.05, 3.63) is 115 Å². The number of nitrogens with one attached hydrogen (secondary N) is 2. The zero-order chi connectivity index (χ0) is 24.4. The van der Waals surface area contributed by atoms with Gasteiger partial charge in [0, 0.05) is 23.2 Å². The lowest BCUT2D eigenvalue weighted by atomic mass is 10.2. The van der Waals surface area contributed by atoms with E-state index in [1.807, 2.05) is 97.1 Å². The first-order chi connectivity index (χ1) is 17.8. The van der Waals surface area contributed by atoms with Gasteiger partial charge in [-0.3, -0.25) is 0 Å². The molecule has 0 spiro atoms. The maximum absolute atomic E-state index is 5.86. The van der Waals surface area contributed by atoms with Crippen LogP contribution < -0.4 is 15.4 Å². The summed E-state index contributed by atoms with van der Waals surface area (Å²) in [6.07, 6.45) is 0.828. The number of para-hydroxylation sites is 2. The molecule has 0 aliphatic heterocycles. The van der Waals surface area contributed by atoms with E-state index < -0.39 is 0 Å². The van der Waals surface area contributed by atoms with Crippen molar-refractivity contribution in [2.45, 2.75) is 13.0 Å². The molecule has 36 heavy (non-hydrogen) atoms. The molecule has 4 aromatic carbocycles. The fourth-order valence-electron chi connectivity index (χ4n) is 3.76. The summed E-state index contributed by atoms with van der Waals surface area (Å²) >= 11 is 0. The minimum absolute atomic E-state index is 0.524. The van der Waals surface area contributed by atoms with Gasteiger partial charge in [-0.2, -0.15) is 4.98 Å². The zero-order valence-corrected chi connectivity index (χ0v) is 19.9. The van der Waals surface area contributed by atoms with Crippen molar-refractivity contribution in [1.29, 1.82) is 0 Å². The Morgan fingerprint density at radius 3 is 2.11 bits per heavy atom. The normalized spacial score (nSPS) is 10.8. The molecule has 0 unspecified atom stereocenters. The first kappa shape index (κ1) is 23.3. The van der Waals surface area contributed by atoms with Crippen molar-refractivity contribution in [2.24, 2.45) is 0 Å². The van der Waals surface area contributed by atoms with Gasteiger partial charge in [-0.25, -0.2) is 4.98 Å². The summed E-state index contributed by atoms with van der Waals surface area (Å²) in [5.41, 5.74) is 3.90. The monoisotopic (exact) mass is 476 g/mol. The number of hydrogen-bond donors (Lipinski definition) is 2. The number of aromatic nitrogens is 2. The number of nitrogens with zero attached hydrogens (tertiary/aromatic N) is 2. The number of anilines is 4. The first-order valence-corrected chi connectivity index (χ1v) is 12.0. The molecule has 5 aromatic rings. The highest BCUT2D eigenvalue weighted by Crippen LogP contribution is 2.26. The van der Waals surface area contributed by atoms with Gasteiger partial charge in [-0.15, -0.1) is 0 Å². The maximum atomic E-state index is 5.86. The molecule has 180 valence electrons. The molecule has 0 amide bonds. The van der Waals surface area contributed by atoms with Crippen LogP contribution in [0, 0.1) is 0 Å². The third-order valence-electron chi connectivity index (χ3n) is 5.56. The number of fused-ring (bicyclic) bond motifs is 1. The molecule has 2 N–H and O–H groups in total. The van der Waals surface area contributed by atoms with Gasteiger partial charge in [0.25, 0.3) is 0 Å². The number of benzene rings is 4. The van der Waals surface area contributed by atoms with Gasteiger partial charge >= 0.3 is 0 Å². The van der Waals surface area contributed by atoms with E-state index >= 15 is 0 Å². The second kappa shape index (κ2) is 11.8. The molecule has 0 saturated heterocycles. The minimum atomic E-state index is 0.524. The SMILES string of the molecule is c1ccc(COCCCOc2ccc(Nc3nc(Nc4ccccc4)c4ccccc4n3)cc2)cc1. The third kappa shape index (κ3) is 6.37. The van der Waals surface area contributed by atoms with E-state index in [9.17, 15) is 0 Å². The van der Waals surface area contributed by atoms with Crippen LogP contribution in [0.25, 0.3) is 10.9 Å². The molecular weight excluding hydrogens is 448 g/mol. The molecule has 0 aliphatic carbocycles. The van der Waals surface area contributed by atoms with Gasteiger partial charge in [-0.05, 0) is 54.1 Å². The second-order valence-corrected chi connectivity index (χ2v) is 8.29. The van der Waals surface area contributed by atoms with Crippen LogP contribution >= 0.6 is 0 Å². The quantitative estimate of drug-likeness (QED) is 0.198. The highest BCUT2D eigenvalue weighted by Gasteiger charge is 2.08. The lowest BCUT2D eigenvalue weighted by Gasteiger charge is -2.12. The Morgan fingerprint density at radius 1 is 0.611 bits per heavy atom. The van der Waals surface area contributed by atoms with E-state index in [-0.39, 0.29) is 0 Å². The fraction of sp³-hybridized carbons (Fsp3) is 0.133. The summed E-state index contributed by atoms with van der Waals surface area (Å²) in [5, 5.41) is 7.68. The molecule has 1 heterocycles. The van der Waals surface area contributed by atoms with E-state index in [4.69, 9.17) is 14.5 Å². The smallest absolute Gasteiger partial charge is 0.229 e. The number of hydrogen-bond acceptors (Lipinski definition) is 6. The Bertz CT molecular complexity index is 1380. The predicted octanol–water partition coefficient (Wildman–Crippen LogP) is 7.10. The van der Waals surface area contributed by atoms with Gasteiger partial charge < -0.3 is 20.1 Å². The summed E-state index contributed by atoms with van der Waals surface area (Å²) in [4.78, 5) is 9.42. The Balaban J connectivity index is 1.16. The summed E-state index contributed by atoms with van der Waals surface area (Å²) < 4.78 is 11.6. The molecule has 0 aliphatic rings. The molecule has 6 heteroatoms. The van der Waals surface area contributed by atoms with Gasteiger partial charge in [0.1, 0.15) is 11.6 Å². The second-order valence-electron chi connectivity index (χ2n) is 8.29. The molecule has 0 bridgehead atoms. The van der Waals surface area contributed by atoms with Crippen LogP contribution in [0.3, 0.4) is 0 Å². The van der Waals surface area contributed by atoms with Crippen molar-refractivity contribution >= 4 is 34.0 Å². The minimum Gasteiger partial charge on any atom is -0.494 e. The zero-order valence-electron chi connectivity index (χ0n) is 19.9. The molecule has 0 radical (unpaired) electrons. The van der Waals surface area contributed by atoms with Crippen LogP contribution in [0.1, 0.15) is 12.0 Å². The van der Waals surface area contributed by atoms with Crippen molar-refractivity contribution < 1.29 is 9.47 Å². The van der Waals surface area contributed by atoms with Crippen molar-refractivity contribution in [1.82, 2.24) is 9.97 Å². The summed E-state index contributed by atoms with van der Waals surface area (Å²) in [6.45, 7) is 1.89. The molecule has 6 nitrogen and oxygen atoms in total. The summed E-state index contributed by atoms with van der Waals surface area (Å²) in [5.74, 6) is 2.09. The average molecular weight is 477 g/mol. The Labute approximate surface area is 211 Å². The van der Waals surface area contributed by atoms with Crippen LogP contribution in [0.4, 0.5) is 23.1 Å². The van der Waals surface area contributed by atoms with Crippen LogP contribution in [0.2, 0.25) is 0 Å². The average Bonchev–Trinajstić information content (AvgIpc) is 2.93. The molecule has 1 aromatic heterocycles. The number of ether oxygens (including phenoxy) is 2. The topological polar surface area (TPSA) is 68.3 Å². The van der Waals surface area contributed by atoms with Gasteiger partial charge in [-0.1, -0.05) is 60.7 Å². The van der Waals surface area contributed by atoms with Crippen molar-refractivity contribution in [3.8, 4) is 5.75 Å². The van der Waals surface area contributed by atoms with E-state index in [0.29, 0.717) is 25.8 Å². The highest BCUT2D eigenvalue weighted by molar-refractivity contribution is 5.92. The standard InChI is InChI=1S/C30H28N4O2/c1-3-10-23(11-4-1)22-35-20-9-21-36-26-18-16-25(17-19-26)32-30-33-28-15-8-7-14-27(28)29(34-30)31-24-12-5-2-6-13-24/h1-8,10-19H,9,20-22H2,(H2,31,32,33,34). The largest absolute Gasteiger partial charge is 0.494 e. The first-order valence-electron chi connectivity index (χ1n) is 12.0. The third-order valence-corrected chi connectivity index (χ3v) is 5.56. The highest BCUT2D eigenvalue weighted by atomic mass is 16.5. The van der Waals surface area contributed by atoms with Crippen LogP contribution in [-0.2, 0) is 11.3 Å². The van der Waals surface area contributed by atoms with Crippen LogP contribution in [0.15, 0.2) is 109 Å². The van der Waals surface area contributed by atoms with Crippen molar-refractivity contribution in [2.75, 3.05) is 23.8 Å². The maximum Gasteiger partial charge on any atom is 0.229 e. The van der Waals surface area contributed by atoms with Crippen LogP contribution in [0.5, 0.6) is 5.75 Å². The van der Waals surface area contributed by atoms with E-state index in [0.717, 1.165) is 40.3 Å². The Hall–Kier alpha value is -4.42. The number of rotatable bonds is 11. The Kier molecular flexibility index (Phi) is 7.66. The van der Waals surface area contributed by atoms with E-state index in [1.165, 1.54) is 5.56 Å². The summed E-state index contributed by atoms with van der Waals surface area (Å²) in [7, 11) is 0. The fourth-order valence-corrected chi connectivity index (χ4v) is 3.76. The van der Waals surface area contributed by atoms with Gasteiger partial charge in [0.15, 0.2) is 0 Å². The predicted molar refractivity (Wildman–Crippen MR) is 145 cm³/mol. The van der Waals surface area contributed by atoms with E-state index in [2.05, 4.69) is 27.8 Å². The molecule has 0 fully saturated rings. The lowest BCUT2D eigenvalue weighted by molar-refractivity contribution is 0.107. The summed E-state index contributed by atoms with van der Waals surface area (Å²) in [6, 6.07) is 36.0. The van der Waals surface area contributed by atoms with Crippen molar-refractivity contribution in [3.63, 3.8) is 0 Å². The van der Waals surface area contributed by atoms with Crippen LogP contribution in [-0.4, -0.2) is 23.2 Å². The Morgan fingerprint density at radius 2 is 1.31 bits per heavy atom. The lowest BCUT2D eigenvalue weighted by Crippen LogP contribution is -2.04. The van der Waals surface area contributed by atoms with Gasteiger partial charge in [0.05, 0.1) is 25.3 Å².